The van der Waals surface area contributed by atoms with Crippen LogP contribution in [0.15, 0.2) is 24.4 Å². The molecule has 4 rings (SSSR count). The summed E-state index contributed by atoms with van der Waals surface area (Å²) in [6.45, 7) is 5.80. The fourth-order valence-electron chi connectivity index (χ4n) is 4.00. The van der Waals surface area contributed by atoms with E-state index in [-0.39, 0.29) is 17.4 Å². The van der Waals surface area contributed by atoms with Crippen LogP contribution in [0.1, 0.15) is 25.8 Å². The first-order valence-corrected chi connectivity index (χ1v) is 10.3. The van der Waals surface area contributed by atoms with Crippen molar-refractivity contribution in [3.05, 3.63) is 35.0 Å². The van der Waals surface area contributed by atoms with Crippen molar-refractivity contribution >= 4 is 45.7 Å². The van der Waals surface area contributed by atoms with E-state index in [1.807, 2.05) is 24.0 Å². The minimum Gasteiger partial charge on any atom is -0.483 e. The number of urea groups is 1. The van der Waals surface area contributed by atoms with E-state index >= 15 is 0 Å². The normalized spacial score (nSPS) is 20.5. The Kier molecular flexibility index (Phi) is 4.93. The Morgan fingerprint density at radius 2 is 2.21 bits per heavy atom. The summed E-state index contributed by atoms with van der Waals surface area (Å²) in [4.78, 5) is 32.6. The third-order valence-corrected chi connectivity index (χ3v) is 6.37. The van der Waals surface area contributed by atoms with Gasteiger partial charge in [0.25, 0.3) is 0 Å². The summed E-state index contributed by atoms with van der Waals surface area (Å²) in [7, 11) is 0. The van der Waals surface area contributed by atoms with E-state index in [0.29, 0.717) is 41.5 Å². The Morgan fingerprint density at radius 1 is 1.39 bits per heavy atom. The first-order chi connectivity index (χ1) is 13.4. The average molecular weight is 421 g/mol. The maximum atomic E-state index is 13.0. The fourth-order valence-corrected chi connectivity index (χ4v) is 4.89. The van der Waals surface area contributed by atoms with Gasteiger partial charge in [0, 0.05) is 42.7 Å². The predicted molar refractivity (Wildman–Crippen MR) is 110 cm³/mol. The van der Waals surface area contributed by atoms with Gasteiger partial charge in [-0.3, -0.25) is 15.0 Å². The van der Waals surface area contributed by atoms with E-state index in [0.717, 1.165) is 17.7 Å². The highest BCUT2D eigenvalue weighted by Gasteiger charge is 2.49. The third kappa shape index (κ3) is 3.31. The number of likely N-dealkylation sites (tertiary alicyclic amines) is 1. The Bertz CT molecular complexity index is 934. The molecule has 1 spiro atoms. The van der Waals surface area contributed by atoms with Crippen molar-refractivity contribution in [2.75, 3.05) is 36.5 Å². The van der Waals surface area contributed by atoms with Gasteiger partial charge in [0.15, 0.2) is 10.2 Å². The van der Waals surface area contributed by atoms with Crippen LogP contribution in [0, 0.1) is 0 Å². The Hall–Kier alpha value is -2.32. The maximum Gasteiger partial charge on any atom is 0.328 e. The first-order valence-electron chi connectivity index (χ1n) is 9.14. The predicted octanol–water partition coefficient (Wildman–Crippen LogP) is 3.74. The maximum absolute atomic E-state index is 13.0. The van der Waals surface area contributed by atoms with E-state index in [9.17, 15) is 9.59 Å². The number of aromatic nitrogens is 1. The molecule has 3 heterocycles. The van der Waals surface area contributed by atoms with Crippen LogP contribution in [0.5, 0.6) is 5.06 Å². The zero-order valence-electron chi connectivity index (χ0n) is 15.7. The number of nitrogens with zero attached hydrogens (tertiary/aromatic N) is 3. The van der Waals surface area contributed by atoms with E-state index < -0.39 is 0 Å². The quantitative estimate of drug-likeness (QED) is 0.820. The third-order valence-electron chi connectivity index (χ3n) is 5.31. The molecular formula is C19H21ClN4O3S. The topological polar surface area (TPSA) is 74.8 Å². The summed E-state index contributed by atoms with van der Waals surface area (Å²) >= 11 is 7.54. The summed E-state index contributed by atoms with van der Waals surface area (Å²) < 4.78 is 5.41. The fraction of sp³-hybridized carbons (Fsp3) is 0.421. The minimum absolute atomic E-state index is 0.0505. The number of carbonyl (C=O) groups is 2. The second kappa shape index (κ2) is 7.25. The number of carbonyl (C=O) groups excluding carboxylic acids is 2. The van der Waals surface area contributed by atoms with Crippen molar-refractivity contribution in [1.29, 1.82) is 0 Å². The largest absolute Gasteiger partial charge is 0.483 e. The highest BCUT2D eigenvalue weighted by atomic mass is 35.5. The van der Waals surface area contributed by atoms with Crippen LogP contribution >= 0.6 is 22.9 Å². The molecule has 0 radical (unpaired) electrons. The van der Waals surface area contributed by atoms with E-state index in [1.54, 1.807) is 24.1 Å². The van der Waals surface area contributed by atoms with Crippen LogP contribution in [-0.4, -0.2) is 48.1 Å². The molecule has 0 saturated carbocycles. The highest BCUT2D eigenvalue weighted by Crippen LogP contribution is 2.47. The number of nitrogens with one attached hydrogen (secondary N) is 1. The van der Waals surface area contributed by atoms with Gasteiger partial charge in [-0.1, -0.05) is 22.9 Å². The molecule has 7 nitrogen and oxygen atoms in total. The van der Waals surface area contributed by atoms with Gasteiger partial charge in [0.1, 0.15) is 0 Å². The molecule has 2 aromatic rings. The summed E-state index contributed by atoms with van der Waals surface area (Å²) in [5, 5.41) is 4.64. The van der Waals surface area contributed by atoms with Crippen LogP contribution in [0.4, 0.5) is 15.6 Å². The van der Waals surface area contributed by atoms with Crippen molar-refractivity contribution < 1.29 is 14.3 Å². The summed E-state index contributed by atoms with van der Waals surface area (Å²) in [5.41, 5.74) is 1.56. The number of anilines is 2. The molecule has 2 aliphatic heterocycles. The van der Waals surface area contributed by atoms with Crippen LogP contribution < -0.4 is 15.0 Å². The molecule has 1 aromatic heterocycles. The zero-order valence-corrected chi connectivity index (χ0v) is 17.3. The summed E-state index contributed by atoms with van der Waals surface area (Å²) in [5.74, 6) is 0.0505. The minimum atomic E-state index is -0.289. The number of rotatable bonds is 3. The lowest BCUT2D eigenvalue weighted by atomic mass is 9.81. The molecule has 2 aliphatic rings. The SMILES string of the molecule is CCOc1cnc(NC(=O)N2CC3(CCN(C(C)=O)C3)c3cc(Cl)ccc32)s1. The van der Waals surface area contributed by atoms with Gasteiger partial charge in [0.2, 0.25) is 5.91 Å². The lowest BCUT2D eigenvalue weighted by Crippen LogP contribution is -2.41. The molecule has 0 aliphatic carbocycles. The van der Waals surface area contributed by atoms with E-state index in [1.165, 1.54) is 11.3 Å². The number of thiazole rings is 1. The Morgan fingerprint density at radius 3 is 2.93 bits per heavy atom. The molecule has 1 unspecified atom stereocenters. The Labute approximate surface area is 172 Å². The van der Waals surface area contributed by atoms with Crippen molar-refractivity contribution in [3.8, 4) is 5.06 Å². The van der Waals surface area contributed by atoms with Gasteiger partial charge in [0.05, 0.1) is 12.8 Å². The molecule has 1 fully saturated rings. The number of ether oxygens (including phenoxy) is 1. The molecular weight excluding hydrogens is 400 g/mol. The Balaban J connectivity index is 1.60. The number of amides is 3. The standard InChI is InChI=1S/C19H21ClN4O3S/c1-3-27-16-9-21-17(28-16)22-18(26)24-11-19(6-7-23(10-19)12(2)25)14-8-13(20)4-5-15(14)24/h4-5,8-9H,3,6-7,10-11H2,1-2H3,(H,21,22,26). The first kappa shape index (κ1) is 19.0. The zero-order chi connectivity index (χ0) is 19.9. The van der Waals surface area contributed by atoms with Gasteiger partial charge >= 0.3 is 6.03 Å². The lowest BCUT2D eigenvalue weighted by Gasteiger charge is -2.25. The summed E-state index contributed by atoms with van der Waals surface area (Å²) in [6, 6.07) is 5.33. The van der Waals surface area contributed by atoms with Gasteiger partial charge in [-0.05, 0) is 37.1 Å². The molecule has 1 atom stereocenters. The molecule has 9 heteroatoms. The molecule has 148 valence electrons. The molecule has 1 saturated heterocycles. The van der Waals surface area contributed by atoms with Crippen LogP contribution in [0.3, 0.4) is 0 Å². The second-order valence-corrected chi connectivity index (χ2v) is 8.50. The van der Waals surface area contributed by atoms with E-state index in [2.05, 4.69) is 10.3 Å². The van der Waals surface area contributed by atoms with Crippen LogP contribution in [-0.2, 0) is 10.2 Å². The van der Waals surface area contributed by atoms with Crippen molar-refractivity contribution in [3.63, 3.8) is 0 Å². The van der Waals surface area contributed by atoms with Crippen molar-refractivity contribution in [1.82, 2.24) is 9.88 Å². The number of benzene rings is 1. The molecule has 0 bridgehead atoms. The molecule has 3 amide bonds. The second-order valence-electron chi connectivity index (χ2n) is 7.07. The highest BCUT2D eigenvalue weighted by molar-refractivity contribution is 7.17. The number of fused-ring (bicyclic) bond motifs is 2. The molecule has 1 aromatic carbocycles. The lowest BCUT2D eigenvalue weighted by molar-refractivity contribution is -0.127. The molecule has 1 N–H and O–H groups in total. The van der Waals surface area contributed by atoms with Gasteiger partial charge in [-0.2, -0.15) is 0 Å². The monoisotopic (exact) mass is 420 g/mol. The number of halogens is 1. The smallest absolute Gasteiger partial charge is 0.328 e. The van der Waals surface area contributed by atoms with Gasteiger partial charge < -0.3 is 9.64 Å². The number of hydrogen-bond donors (Lipinski definition) is 1. The van der Waals surface area contributed by atoms with Crippen molar-refractivity contribution in [2.24, 2.45) is 0 Å². The average Bonchev–Trinajstić information content (AvgIpc) is 3.35. The van der Waals surface area contributed by atoms with Gasteiger partial charge in [-0.25, -0.2) is 9.78 Å². The van der Waals surface area contributed by atoms with Crippen LogP contribution in [0.25, 0.3) is 0 Å². The van der Waals surface area contributed by atoms with Crippen LogP contribution in [0.2, 0.25) is 5.02 Å². The summed E-state index contributed by atoms with van der Waals surface area (Å²) in [6.07, 6.45) is 2.40. The van der Waals surface area contributed by atoms with Crippen molar-refractivity contribution in [2.45, 2.75) is 25.7 Å². The molecule has 28 heavy (non-hydrogen) atoms. The van der Waals surface area contributed by atoms with Gasteiger partial charge in [-0.15, -0.1) is 0 Å². The van der Waals surface area contributed by atoms with E-state index in [4.69, 9.17) is 16.3 Å². The number of hydrogen-bond acceptors (Lipinski definition) is 5.